The van der Waals surface area contributed by atoms with Crippen LogP contribution in [0.5, 0.6) is 5.75 Å². The minimum atomic E-state index is -0.0493. The van der Waals surface area contributed by atoms with E-state index in [4.69, 9.17) is 32.7 Å². The summed E-state index contributed by atoms with van der Waals surface area (Å²) in [4.78, 5) is 17.5. The molecule has 0 unspecified atom stereocenters. The highest BCUT2D eigenvalue weighted by Gasteiger charge is 2.34. The maximum absolute atomic E-state index is 12.5. The van der Waals surface area contributed by atoms with E-state index in [1.807, 2.05) is 19.1 Å². The van der Waals surface area contributed by atoms with Gasteiger partial charge in [-0.25, -0.2) is 0 Å². The molecule has 5 nitrogen and oxygen atoms in total. The Morgan fingerprint density at radius 3 is 2.32 bits per heavy atom. The van der Waals surface area contributed by atoms with Crippen LogP contribution in [0.1, 0.15) is 63.4 Å². The first kappa shape index (κ1) is 26.1. The number of carbonyl (C=O) groups is 1. The smallest absolute Gasteiger partial charge is 0.323 e. The predicted octanol–water partition coefficient (Wildman–Crippen LogP) is 5.98. The Balaban J connectivity index is 1.20. The first-order chi connectivity index (χ1) is 16.4. The molecule has 3 fully saturated rings. The van der Waals surface area contributed by atoms with Gasteiger partial charge in [0.15, 0.2) is 0 Å². The summed E-state index contributed by atoms with van der Waals surface area (Å²) in [5.74, 6) is 2.21. The van der Waals surface area contributed by atoms with Crippen molar-refractivity contribution in [2.75, 3.05) is 39.8 Å². The van der Waals surface area contributed by atoms with Crippen LogP contribution in [0.3, 0.4) is 0 Å². The maximum atomic E-state index is 12.5. The van der Waals surface area contributed by atoms with Gasteiger partial charge in [-0.1, -0.05) is 48.9 Å². The number of esters is 1. The Bertz CT molecular complexity index is 814. The summed E-state index contributed by atoms with van der Waals surface area (Å²) >= 11 is 12.4. The first-order valence-corrected chi connectivity index (χ1v) is 13.9. The van der Waals surface area contributed by atoms with Gasteiger partial charge >= 0.3 is 5.97 Å². The minimum Gasteiger partial charge on any atom is -0.490 e. The molecule has 1 saturated carbocycles. The van der Waals surface area contributed by atoms with E-state index in [0.29, 0.717) is 21.9 Å². The molecule has 0 aromatic heterocycles. The number of benzene rings is 1. The maximum Gasteiger partial charge on any atom is 0.323 e. The average Bonchev–Trinajstić information content (AvgIpc) is 3.37. The molecule has 1 aromatic rings. The van der Waals surface area contributed by atoms with Gasteiger partial charge in [-0.3, -0.25) is 9.69 Å². The van der Waals surface area contributed by atoms with Gasteiger partial charge in [0.25, 0.3) is 0 Å². The van der Waals surface area contributed by atoms with Crippen molar-refractivity contribution in [2.45, 2.75) is 76.9 Å². The molecule has 2 heterocycles. The summed E-state index contributed by atoms with van der Waals surface area (Å²) < 4.78 is 11.4. The molecule has 190 valence electrons. The van der Waals surface area contributed by atoms with Gasteiger partial charge in [-0.15, -0.1) is 0 Å². The molecule has 34 heavy (non-hydrogen) atoms. The van der Waals surface area contributed by atoms with Crippen molar-refractivity contribution in [3.8, 4) is 5.75 Å². The summed E-state index contributed by atoms with van der Waals surface area (Å²) in [6, 6.07) is 3.69. The molecule has 4 rings (SSSR count). The lowest BCUT2D eigenvalue weighted by Gasteiger charge is -2.40. The van der Waals surface area contributed by atoms with Crippen LogP contribution in [0.15, 0.2) is 12.1 Å². The largest absolute Gasteiger partial charge is 0.490 e. The molecular formula is C27H40Cl2N2O3. The van der Waals surface area contributed by atoms with Gasteiger partial charge in [-0.2, -0.15) is 0 Å². The number of hydrogen-bond donors (Lipinski definition) is 0. The normalized spacial score (nSPS) is 22.7. The van der Waals surface area contributed by atoms with Crippen molar-refractivity contribution in [2.24, 2.45) is 11.8 Å². The number of nitrogens with zero attached hydrogens (tertiary/aromatic N) is 2. The van der Waals surface area contributed by atoms with Crippen LogP contribution in [0.2, 0.25) is 10.0 Å². The number of carbonyl (C=O) groups excluding carboxylic acids is 1. The first-order valence-electron chi connectivity index (χ1n) is 13.1. The monoisotopic (exact) mass is 510 g/mol. The molecule has 1 atom stereocenters. The zero-order valence-corrected chi connectivity index (χ0v) is 22.3. The summed E-state index contributed by atoms with van der Waals surface area (Å²) in [7, 11) is 1.53. The molecule has 0 amide bonds. The molecule has 2 saturated heterocycles. The molecule has 1 aromatic carbocycles. The third-order valence-corrected chi connectivity index (χ3v) is 9.13. The topological polar surface area (TPSA) is 42.0 Å². The molecule has 3 aliphatic rings. The zero-order chi connectivity index (χ0) is 24.1. The van der Waals surface area contributed by atoms with Gasteiger partial charge < -0.3 is 14.4 Å². The second-order valence-corrected chi connectivity index (χ2v) is 11.3. The van der Waals surface area contributed by atoms with Crippen LogP contribution < -0.4 is 4.74 Å². The quantitative estimate of drug-likeness (QED) is 0.402. The van der Waals surface area contributed by atoms with Gasteiger partial charge in [0.1, 0.15) is 17.9 Å². The summed E-state index contributed by atoms with van der Waals surface area (Å²) in [6.45, 7) is 7.26. The van der Waals surface area contributed by atoms with Crippen molar-refractivity contribution < 1.29 is 14.3 Å². The van der Waals surface area contributed by atoms with E-state index in [1.54, 1.807) is 0 Å². The van der Waals surface area contributed by atoms with E-state index < -0.39 is 0 Å². The van der Waals surface area contributed by atoms with Crippen LogP contribution in [0.4, 0.5) is 0 Å². The van der Waals surface area contributed by atoms with Crippen LogP contribution in [0, 0.1) is 18.8 Å². The third-order valence-electron chi connectivity index (χ3n) is 8.23. The van der Waals surface area contributed by atoms with Crippen LogP contribution in [-0.2, 0) is 9.53 Å². The van der Waals surface area contributed by atoms with E-state index in [9.17, 15) is 4.79 Å². The van der Waals surface area contributed by atoms with E-state index in [2.05, 4.69) is 9.80 Å². The van der Waals surface area contributed by atoms with Gasteiger partial charge in [0.2, 0.25) is 0 Å². The van der Waals surface area contributed by atoms with Crippen molar-refractivity contribution in [1.82, 2.24) is 9.80 Å². The Kier molecular flexibility index (Phi) is 9.42. The Labute approximate surface area is 215 Å². The number of hydrogen-bond acceptors (Lipinski definition) is 5. The molecule has 1 aliphatic carbocycles. The number of piperidine rings is 2. The van der Waals surface area contributed by atoms with Crippen LogP contribution in [-0.4, -0.2) is 67.7 Å². The third kappa shape index (κ3) is 6.60. The number of methoxy groups -OCH3 is 1. The number of ether oxygens (including phenoxy) is 2. The molecule has 2 aliphatic heterocycles. The second-order valence-electron chi connectivity index (χ2n) is 10.5. The summed E-state index contributed by atoms with van der Waals surface area (Å²) in [5, 5.41) is 1.16. The minimum absolute atomic E-state index is 0.0374. The molecular weight excluding hydrogens is 471 g/mol. The fourth-order valence-corrected chi connectivity index (χ4v) is 6.42. The molecule has 7 heteroatoms. The Hall–Kier alpha value is -1.01. The van der Waals surface area contributed by atoms with Crippen molar-refractivity contribution >= 4 is 29.2 Å². The van der Waals surface area contributed by atoms with E-state index in [1.165, 1.54) is 32.8 Å². The second kappa shape index (κ2) is 12.3. The van der Waals surface area contributed by atoms with Crippen LogP contribution in [0.25, 0.3) is 0 Å². The summed E-state index contributed by atoms with van der Waals surface area (Å²) in [6.07, 6.45) is 10.8. The van der Waals surface area contributed by atoms with Gasteiger partial charge in [-0.05, 0) is 76.1 Å². The number of halogens is 2. The standard InChI is InChI=1S/C27H40Cl2N2O3/c1-19-25(8-7-23(28)26(19)29)34-22-11-13-30(14-12-22)18-21-9-15-31(16-10-21)24(27(32)33-2)17-20-5-3-4-6-20/h7-8,20-22,24H,3-6,9-18H2,1-2H3/t24-/m0/s1. The van der Waals surface area contributed by atoms with Crippen molar-refractivity contribution in [1.29, 1.82) is 0 Å². The van der Waals surface area contributed by atoms with Gasteiger partial charge in [0.05, 0.1) is 17.2 Å². The Morgan fingerprint density at radius 1 is 1.00 bits per heavy atom. The van der Waals surface area contributed by atoms with Crippen LogP contribution >= 0.6 is 23.2 Å². The zero-order valence-electron chi connectivity index (χ0n) is 20.7. The van der Waals surface area contributed by atoms with Crippen molar-refractivity contribution in [3.05, 3.63) is 27.7 Å². The fourth-order valence-electron chi connectivity index (χ4n) is 6.06. The van der Waals surface area contributed by atoms with E-state index in [0.717, 1.165) is 76.1 Å². The highest BCUT2D eigenvalue weighted by Crippen LogP contribution is 2.34. The van der Waals surface area contributed by atoms with Crippen molar-refractivity contribution in [3.63, 3.8) is 0 Å². The lowest BCUT2D eigenvalue weighted by atomic mass is 9.91. The lowest BCUT2D eigenvalue weighted by Crippen LogP contribution is -2.49. The van der Waals surface area contributed by atoms with E-state index in [-0.39, 0.29) is 18.1 Å². The molecule has 0 spiro atoms. The van der Waals surface area contributed by atoms with E-state index >= 15 is 0 Å². The molecule has 0 radical (unpaired) electrons. The number of likely N-dealkylation sites (tertiary alicyclic amines) is 2. The highest BCUT2D eigenvalue weighted by atomic mass is 35.5. The van der Waals surface area contributed by atoms with Gasteiger partial charge in [0, 0.05) is 25.2 Å². The predicted molar refractivity (Wildman–Crippen MR) is 138 cm³/mol. The Morgan fingerprint density at radius 2 is 1.68 bits per heavy atom. The lowest BCUT2D eigenvalue weighted by molar-refractivity contribution is -0.148. The fraction of sp³-hybridized carbons (Fsp3) is 0.741. The molecule has 0 N–H and O–H groups in total. The highest BCUT2D eigenvalue weighted by molar-refractivity contribution is 6.42. The average molecular weight is 512 g/mol. The molecule has 0 bridgehead atoms. The number of rotatable bonds is 8. The SMILES string of the molecule is COC(=O)[C@H](CC1CCCC1)N1CCC(CN2CCC(Oc3ccc(Cl)c(Cl)c3C)CC2)CC1. The summed E-state index contributed by atoms with van der Waals surface area (Å²) in [5.41, 5.74) is 0.918.